The largest absolute Gasteiger partial charge is 0.480 e. The Kier molecular flexibility index (Phi) is 6.05. The Hall–Kier alpha value is -1.55. The Labute approximate surface area is 155 Å². The Morgan fingerprint density at radius 1 is 1.26 bits per heavy atom. The van der Waals surface area contributed by atoms with E-state index in [0.717, 1.165) is 5.56 Å². The average molecular weight is 460 g/mol. The minimum absolute atomic E-state index is 0.285. The summed E-state index contributed by atoms with van der Waals surface area (Å²) in [6.45, 7) is 8.61. The fourth-order valence-electron chi connectivity index (χ4n) is 1.71. The van der Waals surface area contributed by atoms with Gasteiger partial charge in [0.1, 0.15) is 5.75 Å². The van der Waals surface area contributed by atoms with Crippen LogP contribution in [0, 0.1) is 13.5 Å². The molecule has 2 rings (SSSR count). The van der Waals surface area contributed by atoms with Gasteiger partial charge in [-0.15, -0.1) is 0 Å². The number of rotatable bonds is 4. The molecule has 0 aromatic heterocycles. The summed E-state index contributed by atoms with van der Waals surface area (Å²) in [5.41, 5.74) is 1.42. The van der Waals surface area contributed by atoms with Crippen molar-refractivity contribution < 1.29 is 14.3 Å². The molecule has 0 saturated heterocycles. The SMILES string of the molecule is [C-]#[N+]c1cc(Br)c(OC(=O)COc2ccc(C)cc2Cl)c(Br)c1. The second-order valence-electron chi connectivity index (χ2n) is 4.55. The van der Waals surface area contributed by atoms with Crippen LogP contribution in [-0.2, 0) is 4.79 Å². The second-order valence-corrected chi connectivity index (χ2v) is 6.66. The van der Waals surface area contributed by atoms with E-state index in [4.69, 9.17) is 27.6 Å². The van der Waals surface area contributed by atoms with Crippen molar-refractivity contribution in [3.63, 3.8) is 0 Å². The number of esters is 1. The summed E-state index contributed by atoms with van der Waals surface area (Å²) in [6, 6.07) is 8.42. The van der Waals surface area contributed by atoms with E-state index in [1.807, 2.05) is 13.0 Å². The molecule has 0 amide bonds. The van der Waals surface area contributed by atoms with Gasteiger partial charge < -0.3 is 9.47 Å². The van der Waals surface area contributed by atoms with Gasteiger partial charge in [0.05, 0.1) is 20.5 Å². The van der Waals surface area contributed by atoms with Crippen molar-refractivity contribution in [1.82, 2.24) is 0 Å². The predicted molar refractivity (Wildman–Crippen MR) is 95.4 cm³/mol. The zero-order valence-electron chi connectivity index (χ0n) is 11.9. The first kappa shape index (κ1) is 17.8. The molecule has 0 spiro atoms. The van der Waals surface area contributed by atoms with Crippen LogP contribution in [0.5, 0.6) is 11.5 Å². The molecule has 118 valence electrons. The van der Waals surface area contributed by atoms with Crippen LogP contribution in [0.4, 0.5) is 5.69 Å². The Bertz CT molecular complexity index is 779. The van der Waals surface area contributed by atoms with Crippen LogP contribution in [0.1, 0.15) is 5.56 Å². The van der Waals surface area contributed by atoms with Gasteiger partial charge in [0, 0.05) is 0 Å². The minimum Gasteiger partial charge on any atom is -0.480 e. The molecule has 2 aromatic rings. The minimum atomic E-state index is -0.585. The number of hydrogen-bond acceptors (Lipinski definition) is 3. The Balaban J connectivity index is 2.04. The fraction of sp³-hybridized carbons (Fsp3) is 0.125. The van der Waals surface area contributed by atoms with E-state index in [2.05, 4.69) is 36.7 Å². The maximum atomic E-state index is 11.9. The summed E-state index contributed by atoms with van der Waals surface area (Å²) < 4.78 is 11.6. The molecule has 2 aromatic carbocycles. The number of benzene rings is 2. The number of aryl methyl sites for hydroxylation is 1. The molecule has 0 aliphatic carbocycles. The van der Waals surface area contributed by atoms with Crippen molar-refractivity contribution in [3.05, 3.63) is 61.3 Å². The van der Waals surface area contributed by atoms with Gasteiger partial charge in [-0.05, 0) is 68.6 Å². The van der Waals surface area contributed by atoms with Crippen molar-refractivity contribution in [2.45, 2.75) is 6.92 Å². The van der Waals surface area contributed by atoms with Crippen LogP contribution in [0.3, 0.4) is 0 Å². The van der Waals surface area contributed by atoms with E-state index in [0.29, 0.717) is 31.2 Å². The van der Waals surface area contributed by atoms with E-state index >= 15 is 0 Å². The lowest BCUT2D eigenvalue weighted by atomic mass is 10.2. The lowest BCUT2D eigenvalue weighted by Gasteiger charge is -2.11. The lowest BCUT2D eigenvalue weighted by Crippen LogP contribution is -2.18. The normalized spacial score (nSPS) is 10.0. The van der Waals surface area contributed by atoms with Crippen LogP contribution >= 0.6 is 43.5 Å². The highest BCUT2D eigenvalue weighted by molar-refractivity contribution is 9.11. The van der Waals surface area contributed by atoms with Crippen molar-refractivity contribution >= 4 is 55.1 Å². The third-order valence-corrected chi connectivity index (χ3v) is 4.23. The molecule has 0 saturated carbocycles. The number of ether oxygens (including phenoxy) is 2. The molecule has 0 fully saturated rings. The van der Waals surface area contributed by atoms with Gasteiger partial charge in [-0.25, -0.2) is 9.64 Å². The standard InChI is InChI=1S/C16H10Br2ClNO3/c1-9-3-4-14(13(19)5-9)22-8-15(21)23-16-11(17)6-10(20-2)7-12(16)18/h3-7H,8H2,1H3. The fourth-order valence-corrected chi connectivity index (χ4v) is 3.33. The molecular weight excluding hydrogens is 449 g/mol. The molecule has 0 bridgehead atoms. The highest BCUT2D eigenvalue weighted by atomic mass is 79.9. The molecule has 0 atom stereocenters. The van der Waals surface area contributed by atoms with E-state index in [9.17, 15) is 4.79 Å². The summed E-state index contributed by atoms with van der Waals surface area (Å²) in [5, 5.41) is 0.432. The van der Waals surface area contributed by atoms with Gasteiger partial charge in [0.15, 0.2) is 18.0 Å². The van der Waals surface area contributed by atoms with Gasteiger partial charge in [-0.2, -0.15) is 0 Å². The first-order valence-electron chi connectivity index (χ1n) is 6.37. The zero-order chi connectivity index (χ0) is 17.0. The van der Waals surface area contributed by atoms with Gasteiger partial charge in [0.25, 0.3) is 0 Å². The number of halogens is 3. The van der Waals surface area contributed by atoms with Crippen molar-refractivity contribution in [2.75, 3.05) is 6.61 Å². The topological polar surface area (TPSA) is 39.9 Å². The van der Waals surface area contributed by atoms with E-state index in [-0.39, 0.29) is 6.61 Å². The Morgan fingerprint density at radius 3 is 2.48 bits per heavy atom. The molecule has 0 aliphatic heterocycles. The van der Waals surface area contributed by atoms with Crippen LogP contribution < -0.4 is 9.47 Å². The highest BCUT2D eigenvalue weighted by Gasteiger charge is 2.14. The molecule has 0 N–H and O–H groups in total. The van der Waals surface area contributed by atoms with Crippen molar-refractivity contribution in [3.8, 4) is 11.5 Å². The summed E-state index contributed by atoms with van der Waals surface area (Å²) >= 11 is 12.6. The van der Waals surface area contributed by atoms with E-state index in [1.54, 1.807) is 24.3 Å². The molecular formula is C16H10Br2ClNO3. The summed E-state index contributed by atoms with van der Waals surface area (Å²) in [7, 11) is 0. The van der Waals surface area contributed by atoms with Crippen molar-refractivity contribution in [1.29, 1.82) is 0 Å². The Morgan fingerprint density at radius 2 is 1.91 bits per heavy atom. The van der Waals surface area contributed by atoms with Gasteiger partial charge >= 0.3 is 5.97 Å². The molecule has 0 radical (unpaired) electrons. The smallest absolute Gasteiger partial charge is 0.349 e. The summed E-state index contributed by atoms with van der Waals surface area (Å²) in [5.74, 6) is 0.121. The predicted octanol–water partition coefficient (Wildman–Crippen LogP) is 5.71. The number of hydrogen-bond donors (Lipinski definition) is 0. The van der Waals surface area contributed by atoms with Gasteiger partial charge in [-0.1, -0.05) is 17.7 Å². The molecule has 4 nitrogen and oxygen atoms in total. The molecule has 0 unspecified atom stereocenters. The average Bonchev–Trinajstić information content (AvgIpc) is 2.49. The molecule has 0 aliphatic rings. The lowest BCUT2D eigenvalue weighted by molar-refractivity contribution is -0.136. The molecule has 7 heteroatoms. The number of carbonyl (C=O) groups excluding carboxylic acids is 1. The quantitative estimate of drug-likeness (QED) is 0.334. The first-order valence-corrected chi connectivity index (χ1v) is 8.33. The second kappa shape index (κ2) is 7.82. The molecule has 23 heavy (non-hydrogen) atoms. The highest BCUT2D eigenvalue weighted by Crippen LogP contribution is 2.37. The number of carbonyl (C=O) groups is 1. The monoisotopic (exact) mass is 457 g/mol. The third kappa shape index (κ3) is 4.71. The third-order valence-electron chi connectivity index (χ3n) is 2.76. The van der Waals surface area contributed by atoms with Gasteiger partial charge in [-0.3, -0.25) is 0 Å². The maximum Gasteiger partial charge on any atom is 0.349 e. The zero-order valence-corrected chi connectivity index (χ0v) is 15.8. The summed E-state index contributed by atoms with van der Waals surface area (Å²) in [6.07, 6.45) is 0. The maximum absolute atomic E-state index is 11.9. The van der Waals surface area contributed by atoms with Gasteiger partial charge in [0.2, 0.25) is 0 Å². The van der Waals surface area contributed by atoms with Crippen LogP contribution in [0.15, 0.2) is 39.3 Å². The molecule has 0 heterocycles. The van der Waals surface area contributed by atoms with Crippen LogP contribution in [0.25, 0.3) is 4.85 Å². The van der Waals surface area contributed by atoms with E-state index in [1.165, 1.54) is 0 Å². The first-order chi connectivity index (χ1) is 10.9. The van der Waals surface area contributed by atoms with Crippen molar-refractivity contribution in [2.24, 2.45) is 0 Å². The van der Waals surface area contributed by atoms with E-state index < -0.39 is 5.97 Å². The summed E-state index contributed by atoms with van der Waals surface area (Å²) in [4.78, 5) is 15.2. The van der Waals surface area contributed by atoms with Crippen LogP contribution in [0.2, 0.25) is 5.02 Å². The van der Waals surface area contributed by atoms with Crippen LogP contribution in [-0.4, -0.2) is 12.6 Å². The number of nitrogens with zero attached hydrogens (tertiary/aromatic N) is 1.